The SMILES string of the molecule is CCC(C)c1ccc2oc(-c3cccc(NC(=O)c4sc5cc(Cl)ccc5c4Cl)c3)nc2c1. The van der Waals surface area contributed by atoms with Gasteiger partial charge in [0, 0.05) is 26.4 Å². The number of aromatic nitrogens is 1. The van der Waals surface area contributed by atoms with Crippen LogP contribution in [0, 0.1) is 0 Å². The van der Waals surface area contributed by atoms with Gasteiger partial charge >= 0.3 is 0 Å². The van der Waals surface area contributed by atoms with Crippen LogP contribution in [0.25, 0.3) is 32.6 Å². The summed E-state index contributed by atoms with van der Waals surface area (Å²) in [5.41, 5.74) is 4.22. The lowest BCUT2D eigenvalue weighted by Crippen LogP contribution is -2.10. The quantitative estimate of drug-likeness (QED) is 0.265. The predicted octanol–water partition coefficient (Wildman–Crippen LogP) is 8.78. The molecular formula is C26H20Cl2N2O2S. The Morgan fingerprint density at radius 2 is 1.97 bits per heavy atom. The van der Waals surface area contributed by atoms with Gasteiger partial charge < -0.3 is 9.73 Å². The molecule has 0 saturated heterocycles. The summed E-state index contributed by atoms with van der Waals surface area (Å²) in [5.74, 6) is 0.701. The number of hydrogen-bond acceptors (Lipinski definition) is 4. The minimum atomic E-state index is -0.273. The molecule has 0 fully saturated rings. The molecule has 0 spiro atoms. The first-order valence-corrected chi connectivity index (χ1v) is 12.2. The van der Waals surface area contributed by atoms with E-state index in [4.69, 9.17) is 27.6 Å². The topological polar surface area (TPSA) is 55.1 Å². The zero-order valence-electron chi connectivity index (χ0n) is 18.0. The van der Waals surface area contributed by atoms with E-state index >= 15 is 0 Å². The third-order valence-electron chi connectivity index (χ3n) is 5.76. The number of nitrogens with one attached hydrogen (secondary N) is 1. The highest BCUT2D eigenvalue weighted by molar-refractivity contribution is 7.21. The highest BCUT2D eigenvalue weighted by Gasteiger charge is 2.18. The van der Waals surface area contributed by atoms with Crippen LogP contribution < -0.4 is 5.32 Å². The number of rotatable bonds is 5. The van der Waals surface area contributed by atoms with Crippen molar-refractivity contribution in [2.75, 3.05) is 5.32 Å². The second-order valence-electron chi connectivity index (χ2n) is 7.98. The van der Waals surface area contributed by atoms with Gasteiger partial charge in [-0.2, -0.15) is 0 Å². The summed E-state index contributed by atoms with van der Waals surface area (Å²) in [4.78, 5) is 18.1. The molecule has 0 aliphatic heterocycles. The van der Waals surface area contributed by atoms with E-state index in [1.165, 1.54) is 16.9 Å². The first-order chi connectivity index (χ1) is 15.9. The average Bonchev–Trinajstić information content (AvgIpc) is 3.39. The predicted molar refractivity (Wildman–Crippen MR) is 138 cm³/mol. The standard InChI is InChI=1S/C26H20Cl2N2O2S/c1-3-14(2)15-7-10-21-20(12-15)30-26(32-21)16-5-4-6-18(11-16)29-25(31)24-23(28)19-9-8-17(27)13-22(19)33-24/h4-14H,3H2,1-2H3,(H,29,31). The summed E-state index contributed by atoms with van der Waals surface area (Å²) in [5, 5.41) is 4.78. The molecule has 0 aliphatic carbocycles. The molecule has 4 nitrogen and oxygen atoms in total. The monoisotopic (exact) mass is 494 g/mol. The van der Waals surface area contributed by atoms with Crippen LogP contribution in [-0.2, 0) is 0 Å². The fourth-order valence-corrected chi connectivity index (χ4v) is 5.40. The molecule has 33 heavy (non-hydrogen) atoms. The molecule has 0 saturated carbocycles. The van der Waals surface area contributed by atoms with Crippen molar-refractivity contribution in [2.45, 2.75) is 26.2 Å². The normalized spacial score (nSPS) is 12.4. The van der Waals surface area contributed by atoms with Crippen LogP contribution in [0.1, 0.15) is 41.4 Å². The van der Waals surface area contributed by atoms with Gasteiger partial charge in [0.25, 0.3) is 5.91 Å². The van der Waals surface area contributed by atoms with Crippen molar-refractivity contribution in [3.63, 3.8) is 0 Å². The number of nitrogens with zero attached hydrogens (tertiary/aromatic N) is 1. The maximum absolute atomic E-state index is 13.0. The van der Waals surface area contributed by atoms with Gasteiger partial charge in [0.15, 0.2) is 5.58 Å². The molecule has 2 heterocycles. The first kappa shape index (κ1) is 22.0. The maximum Gasteiger partial charge on any atom is 0.267 e. The Hall–Kier alpha value is -2.86. The molecule has 5 aromatic rings. The molecule has 2 aromatic heterocycles. The van der Waals surface area contributed by atoms with Gasteiger partial charge in [-0.25, -0.2) is 4.98 Å². The second-order valence-corrected chi connectivity index (χ2v) is 9.84. The van der Waals surface area contributed by atoms with E-state index in [0.29, 0.717) is 32.4 Å². The van der Waals surface area contributed by atoms with Crippen LogP contribution in [0.2, 0.25) is 10.0 Å². The fourth-order valence-electron chi connectivity index (χ4n) is 3.71. The van der Waals surface area contributed by atoms with Gasteiger partial charge in [-0.3, -0.25) is 4.79 Å². The largest absolute Gasteiger partial charge is 0.436 e. The van der Waals surface area contributed by atoms with E-state index in [9.17, 15) is 4.79 Å². The summed E-state index contributed by atoms with van der Waals surface area (Å²) < 4.78 is 6.85. The molecule has 0 bridgehead atoms. The lowest BCUT2D eigenvalue weighted by atomic mass is 9.98. The molecule has 1 unspecified atom stereocenters. The number of thiophene rings is 1. The van der Waals surface area contributed by atoms with Crippen LogP contribution >= 0.6 is 34.5 Å². The maximum atomic E-state index is 13.0. The molecule has 7 heteroatoms. The van der Waals surface area contributed by atoms with E-state index in [1.807, 2.05) is 42.5 Å². The van der Waals surface area contributed by atoms with Crippen LogP contribution in [0.3, 0.4) is 0 Å². The van der Waals surface area contributed by atoms with Crippen molar-refractivity contribution in [1.82, 2.24) is 4.98 Å². The fraction of sp³-hybridized carbons (Fsp3) is 0.154. The second kappa shape index (κ2) is 8.82. The Morgan fingerprint density at radius 1 is 1.12 bits per heavy atom. The highest BCUT2D eigenvalue weighted by Crippen LogP contribution is 2.37. The van der Waals surface area contributed by atoms with Gasteiger partial charge in [-0.15, -0.1) is 11.3 Å². The Labute approximate surface area is 205 Å². The van der Waals surface area contributed by atoms with Crippen LogP contribution in [0.5, 0.6) is 0 Å². The number of oxazole rings is 1. The van der Waals surface area contributed by atoms with E-state index in [1.54, 1.807) is 6.07 Å². The van der Waals surface area contributed by atoms with Crippen LogP contribution in [0.4, 0.5) is 5.69 Å². The smallest absolute Gasteiger partial charge is 0.267 e. The number of amides is 1. The van der Waals surface area contributed by atoms with Crippen molar-refractivity contribution >= 4 is 67.3 Å². The van der Waals surface area contributed by atoms with E-state index in [-0.39, 0.29) is 5.91 Å². The molecular weight excluding hydrogens is 475 g/mol. The third kappa shape index (κ3) is 4.24. The number of halogens is 2. The zero-order chi connectivity index (χ0) is 23.1. The van der Waals surface area contributed by atoms with Gasteiger partial charge in [0.05, 0.1) is 5.02 Å². The molecule has 3 aromatic carbocycles. The average molecular weight is 495 g/mol. The Kier molecular flexibility index (Phi) is 5.87. The Balaban J connectivity index is 1.43. The number of carbonyl (C=O) groups excluding carboxylic acids is 1. The van der Waals surface area contributed by atoms with Crippen molar-refractivity contribution in [1.29, 1.82) is 0 Å². The summed E-state index contributed by atoms with van der Waals surface area (Å²) in [6.45, 7) is 4.37. The first-order valence-electron chi connectivity index (χ1n) is 10.6. The van der Waals surface area contributed by atoms with Crippen molar-refractivity contribution in [3.8, 4) is 11.5 Å². The lowest BCUT2D eigenvalue weighted by Gasteiger charge is -2.07. The Morgan fingerprint density at radius 3 is 2.79 bits per heavy atom. The molecule has 5 rings (SSSR count). The van der Waals surface area contributed by atoms with Crippen molar-refractivity contribution < 1.29 is 9.21 Å². The lowest BCUT2D eigenvalue weighted by molar-refractivity contribution is 0.103. The van der Waals surface area contributed by atoms with Crippen molar-refractivity contribution in [3.05, 3.63) is 81.1 Å². The summed E-state index contributed by atoms with van der Waals surface area (Å²) in [7, 11) is 0. The highest BCUT2D eigenvalue weighted by atomic mass is 35.5. The number of benzene rings is 3. The molecule has 0 radical (unpaired) electrons. The molecule has 1 atom stereocenters. The third-order valence-corrected chi connectivity index (χ3v) is 7.65. The number of fused-ring (bicyclic) bond motifs is 2. The number of carbonyl (C=O) groups is 1. The molecule has 0 aliphatic rings. The van der Waals surface area contributed by atoms with E-state index < -0.39 is 0 Å². The minimum Gasteiger partial charge on any atom is -0.436 e. The summed E-state index contributed by atoms with van der Waals surface area (Å²) in [6.07, 6.45) is 1.06. The van der Waals surface area contributed by atoms with Crippen LogP contribution in [0.15, 0.2) is 65.1 Å². The number of anilines is 1. The van der Waals surface area contributed by atoms with Gasteiger partial charge in [0.1, 0.15) is 10.4 Å². The molecule has 1 N–H and O–H groups in total. The summed E-state index contributed by atoms with van der Waals surface area (Å²) in [6, 6.07) is 19.0. The van der Waals surface area contributed by atoms with Crippen molar-refractivity contribution in [2.24, 2.45) is 0 Å². The molecule has 166 valence electrons. The van der Waals surface area contributed by atoms with E-state index in [0.717, 1.165) is 33.2 Å². The van der Waals surface area contributed by atoms with Gasteiger partial charge in [-0.05, 0) is 60.4 Å². The van der Waals surface area contributed by atoms with Crippen LogP contribution in [-0.4, -0.2) is 10.9 Å². The van der Waals surface area contributed by atoms with Gasteiger partial charge in [0.2, 0.25) is 5.89 Å². The number of hydrogen-bond donors (Lipinski definition) is 1. The van der Waals surface area contributed by atoms with Gasteiger partial charge in [-0.1, -0.05) is 55.2 Å². The zero-order valence-corrected chi connectivity index (χ0v) is 20.3. The minimum absolute atomic E-state index is 0.273. The molecule has 1 amide bonds. The Bertz CT molecular complexity index is 1510. The summed E-state index contributed by atoms with van der Waals surface area (Å²) >= 11 is 13.9. The van der Waals surface area contributed by atoms with E-state index in [2.05, 4.69) is 36.3 Å².